The van der Waals surface area contributed by atoms with Gasteiger partial charge in [0.1, 0.15) is 5.82 Å². The van der Waals surface area contributed by atoms with Crippen LogP contribution in [0, 0.1) is 5.82 Å². The number of carbonyl (C=O) groups is 1. The van der Waals surface area contributed by atoms with Crippen molar-refractivity contribution >= 4 is 5.97 Å². The minimum absolute atomic E-state index is 0.0827. The molecule has 1 aliphatic heterocycles. The molecule has 1 aromatic carbocycles. The van der Waals surface area contributed by atoms with Crippen LogP contribution in [0.3, 0.4) is 0 Å². The van der Waals surface area contributed by atoms with Gasteiger partial charge in [-0.05, 0) is 32.3 Å². The molecule has 4 heteroatoms. The second-order valence-electron chi connectivity index (χ2n) is 4.79. The topological polar surface area (TPSA) is 46.5 Å². The molecule has 0 aliphatic carbocycles. The first-order valence-electron chi connectivity index (χ1n) is 6.20. The van der Waals surface area contributed by atoms with Gasteiger partial charge in [0.15, 0.2) is 0 Å². The van der Waals surface area contributed by atoms with Crippen LogP contribution < -0.4 is 0 Å². The van der Waals surface area contributed by atoms with Crippen LogP contribution in [0.2, 0.25) is 0 Å². The number of hydrogen-bond acceptors (Lipinski definition) is 2. The first-order chi connectivity index (χ1) is 8.58. The van der Waals surface area contributed by atoms with E-state index in [1.807, 2.05) is 6.92 Å². The van der Waals surface area contributed by atoms with Gasteiger partial charge in [0.05, 0.1) is 18.1 Å². The quantitative estimate of drug-likeness (QED) is 0.896. The van der Waals surface area contributed by atoms with Crippen LogP contribution in [-0.4, -0.2) is 23.3 Å². The highest BCUT2D eigenvalue weighted by Crippen LogP contribution is 2.30. The van der Waals surface area contributed by atoms with E-state index in [1.165, 1.54) is 12.1 Å². The number of ether oxygens (including phenoxy) is 1. The monoisotopic (exact) mass is 252 g/mol. The van der Waals surface area contributed by atoms with Crippen LogP contribution in [0.15, 0.2) is 24.3 Å². The van der Waals surface area contributed by atoms with Gasteiger partial charge < -0.3 is 9.84 Å². The predicted octanol–water partition coefficient (Wildman–Crippen LogP) is 2.95. The van der Waals surface area contributed by atoms with E-state index in [4.69, 9.17) is 4.74 Å². The second kappa shape index (κ2) is 5.48. The van der Waals surface area contributed by atoms with E-state index < -0.39 is 17.7 Å². The Morgan fingerprint density at radius 1 is 1.50 bits per heavy atom. The SMILES string of the molecule is CC1CCC(CC(C(=O)O)c2ccccc2F)O1. The Kier molecular flexibility index (Phi) is 3.97. The highest BCUT2D eigenvalue weighted by molar-refractivity contribution is 5.76. The number of rotatable bonds is 4. The third-order valence-corrected chi connectivity index (χ3v) is 3.40. The lowest BCUT2D eigenvalue weighted by atomic mass is 9.92. The number of carboxylic acids is 1. The highest BCUT2D eigenvalue weighted by atomic mass is 19.1. The van der Waals surface area contributed by atoms with E-state index in [9.17, 15) is 14.3 Å². The average molecular weight is 252 g/mol. The molecule has 0 bridgehead atoms. The Balaban J connectivity index is 2.14. The fraction of sp³-hybridized carbons (Fsp3) is 0.500. The Morgan fingerprint density at radius 3 is 2.78 bits per heavy atom. The molecule has 3 atom stereocenters. The van der Waals surface area contributed by atoms with E-state index in [0.717, 1.165) is 12.8 Å². The Bertz CT molecular complexity index is 433. The number of carboxylic acid groups (broad SMARTS) is 1. The van der Waals surface area contributed by atoms with E-state index >= 15 is 0 Å². The van der Waals surface area contributed by atoms with Gasteiger partial charge in [-0.3, -0.25) is 4.79 Å². The van der Waals surface area contributed by atoms with Gasteiger partial charge >= 0.3 is 5.97 Å². The molecule has 0 saturated carbocycles. The summed E-state index contributed by atoms with van der Waals surface area (Å²) in [6.07, 6.45) is 2.21. The summed E-state index contributed by atoms with van der Waals surface area (Å²) in [6, 6.07) is 6.05. The molecule has 1 heterocycles. The summed E-state index contributed by atoms with van der Waals surface area (Å²) in [5.41, 5.74) is 0.244. The van der Waals surface area contributed by atoms with Crippen LogP contribution in [-0.2, 0) is 9.53 Å². The Hall–Kier alpha value is -1.42. The number of halogens is 1. The Morgan fingerprint density at radius 2 is 2.22 bits per heavy atom. The molecule has 0 spiro atoms. The van der Waals surface area contributed by atoms with Gasteiger partial charge in [0, 0.05) is 5.56 Å². The molecule has 3 unspecified atom stereocenters. The summed E-state index contributed by atoms with van der Waals surface area (Å²) in [4.78, 5) is 11.3. The van der Waals surface area contributed by atoms with Crippen LogP contribution in [0.25, 0.3) is 0 Å². The van der Waals surface area contributed by atoms with Crippen LogP contribution in [0.5, 0.6) is 0 Å². The number of aliphatic carboxylic acids is 1. The van der Waals surface area contributed by atoms with Gasteiger partial charge in [-0.25, -0.2) is 4.39 Å². The maximum atomic E-state index is 13.6. The van der Waals surface area contributed by atoms with Crippen molar-refractivity contribution in [3.05, 3.63) is 35.6 Å². The molecule has 18 heavy (non-hydrogen) atoms. The third kappa shape index (κ3) is 2.88. The zero-order valence-electron chi connectivity index (χ0n) is 10.3. The highest BCUT2D eigenvalue weighted by Gasteiger charge is 2.30. The first kappa shape index (κ1) is 13.0. The van der Waals surface area contributed by atoms with Gasteiger partial charge in [-0.2, -0.15) is 0 Å². The van der Waals surface area contributed by atoms with Gasteiger partial charge in [-0.15, -0.1) is 0 Å². The third-order valence-electron chi connectivity index (χ3n) is 3.40. The standard InChI is InChI=1S/C14H17FO3/c1-9-6-7-10(18-9)8-12(14(16)17)11-4-2-3-5-13(11)15/h2-5,9-10,12H,6-8H2,1H3,(H,16,17). The first-order valence-corrected chi connectivity index (χ1v) is 6.20. The molecule has 1 fully saturated rings. The fourth-order valence-electron chi connectivity index (χ4n) is 2.44. The summed E-state index contributed by atoms with van der Waals surface area (Å²) in [5, 5.41) is 9.26. The van der Waals surface area contributed by atoms with Gasteiger partial charge in [0.25, 0.3) is 0 Å². The van der Waals surface area contributed by atoms with Crippen LogP contribution in [0.4, 0.5) is 4.39 Å². The van der Waals surface area contributed by atoms with Crippen molar-refractivity contribution in [3.8, 4) is 0 Å². The van der Waals surface area contributed by atoms with Crippen molar-refractivity contribution in [1.29, 1.82) is 0 Å². The maximum absolute atomic E-state index is 13.6. The smallest absolute Gasteiger partial charge is 0.311 e. The van der Waals surface area contributed by atoms with Crippen molar-refractivity contribution in [2.45, 2.75) is 44.3 Å². The van der Waals surface area contributed by atoms with E-state index in [1.54, 1.807) is 12.1 Å². The Labute approximate surface area is 106 Å². The molecule has 1 aromatic rings. The van der Waals surface area contributed by atoms with Crippen LogP contribution in [0.1, 0.15) is 37.7 Å². The lowest BCUT2D eigenvalue weighted by Gasteiger charge is -2.18. The molecule has 0 aromatic heterocycles. The molecule has 3 nitrogen and oxygen atoms in total. The van der Waals surface area contributed by atoms with Crippen molar-refractivity contribution in [2.75, 3.05) is 0 Å². The summed E-state index contributed by atoms with van der Waals surface area (Å²) in [6.45, 7) is 1.97. The molecule has 1 saturated heterocycles. The average Bonchev–Trinajstić information content (AvgIpc) is 2.73. The van der Waals surface area contributed by atoms with Gasteiger partial charge in [-0.1, -0.05) is 18.2 Å². The molecular formula is C14H17FO3. The molecule has 1 aliphatic rings. The number of hydrogen-bond donors (Lipinski definition) is 1. The fourth-order valence-corrected chi connectivity index (χ4v) is 2.44. The minimum Gasteiger partial charge on any atom is -0.481 e. The summed E-state index contributed by atoms with van der Waals surface area (Å²) >= 11 is 0. The molecule has 0 amide bonds. The van der Waals surface area contributed by atoms with Crippen molar-refractivity contribution in [1.82, 2.24) is 0 Å². The minimum atomic E-state index is -0.997. The second-order valence-corrected chi connectivity index (χ2v) is 4.79. The molecule has 2 rings (SSSR count). The molecule has 0 radical (unpaired) electrons. The van der Waals surface area contributed by atoms with Crippen molar-refractivity contribution in [3.63, 3.8) is 0 Å². The lowest BCUT2D eigenvalue weighted by Crippen LogP contribution is -2.20. The molecule has 1 N–H and O–H groups in total. The molecule has 98 valence electrons. The largest absolute Gasteiger partial charge is 0.481 e. The predicted molar refractivity (Wildman–Crippen MR) is 65.0 cm³/mol. The zero-order valence-corrected chi connectivity index (χ0v) is 10.3. The molecular weight excluding hydrogens is 235 g/mol. The lowest BCUT2D eigenvalue weighted by molar-refractivity contribution is -0.139. The summed E-state index contributed by atoms with van der Waals surface area (Å²) in [5.74, 6) is -2.29. The summed E-state index contributed by atoms with van der Waals surface area (Å²) in [7, 11) is 0. The zero-order chi connectivity index (χ0) is 13.1. The van der Waals surface area contributed by atoms with Gasteiger partial charge in [0.2, 0.25) is 0 Å². The van der Waals surface area contributed by atoms with E-state index in [0.29, 0.717) is 6.42 Å². The van der Waals surface area contributed by atoms with Crippen LogP contribution >= 0.6 is 0 Å². The van der Waals surface area contributed by atoms with Crippen molar-refractivity contribution in [2.24, 2.45) is 0 Å². The maximum Gasteiger partial charge on any atom is 0.311 e. The summed E-state index contributed by atoms with van der Waals surface area (Å²) < 4.78 is 19.3. The normalized spacial score (nSPS) is 25.0. The van der Waals surface area contributed by atoms with Crippen molar-refractivity contribution < 1.29 is 19.0 Å². The number of benzene rings is 1. The van der Waals surface area contributed by atoms with E-state index in [-0.39, 0.29) is 17.8 Å². The van der Waals surface area contributed by atoms with E-state index in [2.05, 4.69) is 0 Å².